The number of aromatic nitrogens is 2. The van der Waals surface area contributed by atoms with Crippen molar-refractivity contribution >= 4 is 35.0 Å². The maximum atomic E-state index is 12.6. The molecule has 0 saturated carbocycles. The van der Waals surface area contributed by atoms with Gasteiger partial charge in [-0.15, -0.1) is 0 Å². The van der Waals surface area contributed by atoms with Crippen LogP contribution in [0.3, 0.4) is 0 Å². The predicted molar refractivity (Wildman–Crippen MR) is 110 cm³/mol. The molecule has 1 atom stereocenters. The highest BCUT2D eigenvalue weighted by Crippen LogP contribution is 2.30. The summed E-state index contributed by atoms with van der Waals surface area (Å²) in [5.74, 6) is 0.00928. The average molecular weight is 420 g/mol. The first-order valence-corrected chi connectivity index (χ1v) is 10.9. The fraction of sp³-hybridized carbons (Fsp3) is 0.450. The normalized spacial score (nSPS) is 18.2. The van der Waals surface area contributed by atoms with Crippen LogP contribution < -0.4 is 11.0 Å². The number of fused-ring (bicyclic) bond motifs is 1. The lowest BCUT2D eigenvalue weighted by molar-refractivity contribution is -0.113. The number of thioether (sulfide) groups is 1. The molecule has 148 valence electrons. The fourth-order valence-corrected chi connectivity index (χ4v) is 4.83. The molecule has 1 aliphatic heterocycles. The van der Waals surface area contributed by atoms with Crippen LogP contribution in [0.2, 0.25) is 5.02 Å². The lowest BCUT2D eigenvalue weighted by Crippen LogP contribution is -2.31. The van der Waals surface area contributed by atoms with E-state index >= 15 is 0 Å². The van der Waals surface area contributed by atoms with E-state index in [1.54, 1.807) is 16.7 Å². The van der Waals surface area contributed by atoms with Crippen LogP contribution in [-0.2, 0) is 28.9 Å². The molecule has 2 aromatic rings. The molecule has 1 fully saturated rings. The molecule has 2 aliphatic rings. The van der Waals surface area contributed by atoms with Crippen molar-refractivity contribution in [3.8, 4) is 0 Å². The number of amides is 1. The quantitative estimate of drug-likeness (QED) is 0.574. The Kier molecular flexibility index (Phi) is 6.04. The standard InChI is InChI=1S/C20H22ClN3O3S/c21-15-7-1-2-8-16(15)22-18(25)12-28-19-14-6-3-9-17(14)24(20(26)23-19)11-13-5-4-10-27-13/h1-2,7-8,13H,3-6,9-12H2,(H,22,25). The maximum Gasteiger partial charge on any atom is 0.348 e. The van der Waals surface area contributed by atoms with E-state index in [-0.39, 0.29) is 23.5 Å². The van der Waals surface area contributed by atoms with Crippen molar-refractivity contribution in [2.24, 2.45) is 0 Å². The number of halogens is 1. The Labute approximate surface area is 172 Å². The van der Waals surface area contributed by atoms with Gasteiger partial charge < -0.3 is 10.1 Å². The van der Waals surface area contributed by atoms with Gasteiger partial charge in [0.25, 0.3) is 0 Å². The number of carbonyl (C=O) groups is 1. The summed E-state index contributed by atoms with van der Waals surface area (Å²) in [7, 11) is 0. The molecule has 6 nitrogen and oxygen atoms in total. The van der Waals surface area contributed by atoms with Crippen molar-refractivity contribution in [1.29, 1.82) is 0 Å². The van der Waals surface area contributed by atoms with E-state index in [0.29, 0.717) is 22.3 Å². The number of ether oxygens (including phenoxy) is 1. The highest BCUT2D eigenvalue weighted by Gasteiger charge is 2.25. The summed E-state index contributed by atoms with van der Waals surface area (Å²) in [5, 5.41) is 3.98. The Morgan fingerprint density at radius 3 is 2.96 bits per heavy atom. The van der Waals surface area contributed by atoms with E-state index in [9.17, 15) is 9.59 Å². The summed E-state index contributed by atoms with van der Waals surface area (Å²) < 4.78 is 7.47. The van der Waals surface area contributed by atoms with Gasteiger partial charge in [0.05, 0.1) is 29.1 Å². The second kappa shape index (κ2) is 8.68. The number of nitrogens with one attached hydrogen (secondary N) is 1. The maximum absolute atomic E-state index is 12.6. The van der Waals surface area contributed by atoms with Gasteiger partial charge in [-0.25, -0.2) is 4.79 Å². The first kappa shape index (κ1) is 19.5. The summed E-state index contributed by atoms with van der Waals surface area (Å²) in [4.78, 5) is 29.2. The van der Waals surface area contributed by atoms with Crippen LogP contribution in [0.15, 0.2) is 34.1 Å². The minimum atomic E-state index is -0.245. The van der Waals surface area contributed by atoms with Crippen molar-refractivity contribution in [3.63, 3.8) is 0 Å². The van der Waals surface area contributed by atoms with Gasteiger partial charge in [-0.05, 0) is 44.2 Å². The minimum Gasteiger partial charge on any atom is -0.376 e. The van der Waals surface area contributed by atoms with Crippen LogP contribution in [-0.4, -0.2) is 33.9 Å². The molecule has 1 aromatic heterocycles. The third-order valence-electron chi connectivity index (χ3n) is 5.10. The molecule has 28 heavy (non-hydrogen) atoms. The van der Waals surface area contributed by atoms with Crippen LogP contribution >= 0.6 is 23.4 Å². The first-order valence-electron chi connectivity index (χ1n) is 9.53. The summed E-state index contributed by atoms with van der Waals surface area (Å²) in [6.45, 7) is 1.34. The highest BCUT2D eigenvalue weighted by molar-refractivity contribution is 8.00. The summed E-state index contributed by atoms with van der Waals surface area (Å²) in [6.07, 6.45) is 4.90. The molecule has 4 rings (SSSR count). The van der Waals surface area contributed by atoms with Crippen LogP contribution in [0.25, 0.3) is 0 Å². The molecule has 1 unspecified atom stereocenters. The topological polar surface area (TPSA) is 73.2 Å². The van der Waals surface area contributed by atoms with Crippen molar-refractivity contribution < 1.29 is 9.53 Å². The van der Waals surface area contributed by atoms with Gasteiger partial charge >= 0.3 is 5.69 Å². The lowest BCUT2D eigenvalue weighted by atomic mass is 10.2. The summed E-state index contributed by atoms with van der Waals surface area (Å²) in [6, 6.07) is 7.11. The van der Waals surface area contributed by atoms with Crippen LogP contribution in [0.1, 0.15) is 30.5 Å². The van der Waals surface area contributed by atoms with Crippen LogP contribution in [0.4, 0.5) is 5.69 Å². The number of hydrogen-bond acceptors (Lipinski definition) is 5. The third kappa shape index (κ3) is 4.26. The average Bonchev–Trinajstić information content (AvgIpc) is 3.36. The second-order valence-electron chi connectivity index (χ2n) is 7.04. The zero-order chi connectivity index (χ0) is 19.5. The van der Waals surface area contributed by atoms with E-state index < -0.39 is 0 Å². The van der Waals surface area contributed by atoms with Crippen LogP contribution in [0, 0.1) is 0 Å². The van der Waals surface area contributed by atoms with Gasteiger partial charge in [-0.1, -0.05) is 35.5 Å². The Bertz CT molecular complexity index is 941. The van der Waals surface area contributed by atoms with Crippen molar-refractivity contribution in [2.75, 3.05) is 17.7 Å². The van der Waals surface area contributed by atoms with Crippen LogP contribution in [0.5, 0.6) is 0 Å². The SMILES string of the molecule is O=C(CSc1nc(=O)n(CC2CCCO2)c2c1CCC2)Nc1ccccc1Cl. The third-order valence-corrected chi connectivity index (χ3v) is 6.45. The number of anilines is 1. The number of nitrogens with zero attached hydrogens (tertiary/aromatic N) is 2. The first-order chi connectivity index (χ1) is 13.6. The van der Waals surface area contributed by atoms with E-state index in [1.807, 2.05) is 12.1 Å². The molecule has 0 spiro atoms. The largest absolute Gasteiger partial charge is 0.376 e. The van der Waals surface area contributed by atoms with Gasteiger partial charge in [-0.2, -0.15) is 4.98 Å². The van der Waals surface area contributed by atoms with Gasteiger partial charge in [-0.3, -0.25) is 9.36 Å². The molecule has 0 radical (unpaired) electrons. The van der Waals surface area contributed by atoms with Gasteiger partial charge in [0.1, 0.15) is 5.03 Å². The van der Waals surface area contributed by atoms with Crippen molar-refractivity contribution in [1.82, 2.24) is 9.55 Å². The molecule has 1 N–H and O–H groups in total. The van der Waals surface area contributed by atoms with Crippen molar-refractivity contribution in [3.05, 3.63) is 51.0 Å². The summed E-state index contributed by atoms with van der Waals surface area (Å²) >= 11 is 7.40. The summed E-state index contributed by atoms with van der Waals surface area (Å²) in [5.41, 5.74) is 2.50. The molecule has 1 aromatic carbocycles. The Morgan fingerprint density at radius 2 is 2.18 bits per heavy atom. The number of benzene rings is 1. The Morgan fingerprint density at radius 1 is 1.32 bits per heavy atom. The van der Waals surface area contributed by atoms with E-state index in [2.05, 4.69) is 10.3 Å². The number of hydrogen-bond donors (Lipinski definition) is 1. The molecule has 1 aliphatic carbocycles. The molecular formula is C20H22ClN3O3S. The molecule has 1 amide bonds. The predicted octanol–water partition coefficient (Wildman–Crippen LogP) is 3.30. The van der Waals surface area contributed by atoms with Gasteiger partial charge in [0, 0.05) is 17.9 Å². The van der Waals surface area contributed by atoms with E-state index in [4.69, 9.17) is 16.3 Å². The highest BCUT2D eigenvalue weighted by atomic mass is 35.5. The fourth-order valence-electron chi connectivity index (χ4n) is 3.77. The second-order valence-corrected chi connectivity index (χ2v) is 8.41. The monoisotopic (exact) mass is 419 g/mol. The number of carbonyl (C=O) groups excluding carboxylic acids is 1. The molecular weight excluding hydrogens is 398 g/mol. The zero-order valence-corrected chi connectivity index (χ0v) is 17.0. The lowest BCUT2D eigenvalue weighted by Gasteiger charge is -2.17. The van der Waals surface area contributed by atoms with E-state index in [1.165, 1.54) is 11.8 Å². The molecule has 0 bridgehead atoms. The molecule has 8 heteroatoms. The zero-order valence-electron chi connectivity index (χ0n) is 15.4. The van der Waals surface area contributed by atoms with Gasteiger partial charge in [0.2, 0.25) is 5.91 Å². The molecule has 1 saturated heterocycles. The number of rotatable bonds is 6. The Hall–Kier alpha value is -1.83. The molecule has 2 heterocycles. The smallest absolute Gasteiger partial charge is 0.348 e. The van der Waals surface area contributed by atoms with Gasteiger partial charge in [0.15, 0.2) is 0 Å². The number of para-hydroxylation sites is 1. The minimum absolute atomic E-state index is 0.101. The van der Waals surface area contributed by atoms with Crippen molar-refractivity contribution in [2.45, 2.75) is 49.8 Å². The Balaban J connectivity index is 1.47. The van der Waals surface area contributed by atoms with E-state index in [0.717, 1.165) is 50.0 Å².